The Morgan fingerprint density at radius 2 is 1.94 bits per heavy atom. The number of halogens is 2. The maximum atomic E-state index is 13.4. The lowest BCUT2D eigenvalue weighted by Crippen LogP contribution is -2.41. The van der Waals surface area contributed by atoms with E-state index in [2.05, 4.69) is 15.5 Å². The van der Waals surface area contributed by atoms with Crippen molar-refractivity contribution in [3.05, 3.63) is 59.2 Å². The Labute approximate surface area is 189 Å². The average Bonchev–Trinajstić information content (AvgIpc) is 3.22. The van der Waals surface area contributed by atoms with Gasteiger partial charge in [-0.1, -0.05) is 28.9 Å². The summed E-state index contributed by atoms with van der Waals surface area (Å²) in [6.45, 7) is 2.02. The number of nitrogens with zero attached hydrogens (tertiary/aromatic N) is 3. The Kier molecular flexibility index (Phi) is 6.27. The number of benzene rings is 2. The van der Waals surface area contributed by atoms with Crippen molar-refractivity contribution in [1.29, 1.82) is 0 Å². The number of carbonyl (C=O) groups excluding carboxylic acids is 1. The summed E-state index contributed by atoms with van der Waals surface area (Å²) in [5.74, 6) is -0.468. The molecule has 2 aromatic carbocycles. The number of sulfonamides is 1. The SMILES string of the molecule is Cc1nc(-c2ccccc2NC(=O)C2CCN(S(=O)(=O)c3ccc(F)c(Cl)c3)CC2)no1. The largest absolute Gasteiger partial charge is 0.339 e. The fourth-order valence-electron chi connectivity index (χ4n) is 3.58. The Morgan fingerprint density at radius 1 is 1.22 bits per heavy atom. The number of nitrogens with one attached hydrogen (secondary N) is 1. The Hall–Kier alpha value is -2.82. The zero-order valence-electron chi connectivity index (χ0n) is 17.1. The van der Waals surface area contributed by atoms with Gasteiger partial charge in [0, 0.05) is 31.5 Å². The molecule has 0 atom stereocenters. The smallest absolute Gasteiger partial charge is 0.243 e. The highest BCUT2D eigenvalue weighted by Gasteiger charge is 2.32. The first kappa shape index (κ1) is 22.4. The maximum Gasteiger partial charge on any atom is 0.243 e. The van der Waals surface area contributed by atoms with Crippen LogP contribution in [0.3, 0.4) is 0 Å². The molecular formula is C21H20ClFN4O4S. The predicted molar refractivity (Wildman–Crippen MR) is 116 cm³/mol. The van der Waals surface area contributed by atoms with Crippen LogP contribution < -0.4 is 5.32 Å². The van der Waals surface area contributed by atoms with E-state index in [9.17, 15) is 17.6 Å². The highest BCUT2D eigenvalue weighted by molar-refractivity contribution is 7.89. The lowest BCUT2D eigenvalue weighted by atomic mass is 9.97. The highest BCUT2D eigenvalue weighted by atomic mass is 35.5. The topological polar surface area (TPSA) is 105 Å². The van der Waals surface area contributed by atoms with Gasteiger partial charge in [0.25, 0.3) is 0 Å². The number of rotatable bonds is 5. The molecule has 1 aliphatic rings. The first-order valence-electron chi connectivity index (χ1n) is 9.91. The summed E-state index contributed by atoms with van der Waals surface area (Å²) in [7, 11) is -3.83. The number of hydrogen-bond donors (Lipinski definition) is 1. The van der Waals surface area contributed by atoms with E-state index in [1.807, 2.05) is 6.07 Å². The van der Waals surface area contributed by atoms with Gasteiger partial charge in [-0.05, 0) is 43.2 Å². The molecule has 3 aromatic rings. The molecule has 168 valence electrons. The number of carbonyl (C=O) groups is 1. The van der Waals surface area contributed by atoms with E-state index in [1.165, 1.54) is 10.4 Å². The van der Waals surface area contributed by atoms with E-state index in [-0.39, 0.29) is 34.8 Å². The molecule has 11 heteroatoms. The molecule has 0 spiro atoms. The molecular weight excluding hydrogens is 459 g/mol. The molecule has 0 saturated carbocycles. The van der Waals surface area contributed by atoms with E-state index < -0.39 is 15.8 Å². The third-order valence-corrected chi connectivity index (χ3v) is 7.49. The van der Waals surface area contributed by atoms with Crippen molar-refractivity contribution in [2.75, 3.05) is 18.4 Å². The average molecular weight is 479 g/mol. The molecule has 8 nitrogen and oxygen atoms in total. The van der Waals surface area contributed by atoms with Crippen LogP contribution in [0.2, 0.25) is 5.02 Å². The van der Waals surface area contributed by atoms with Crippen LogP contribution >= 0.6 is 11.6 Å². The van der Waals surface area contributed by atoms with Gasteiger partial charge in [-0.3, -0.25) is 4.79 Å². The Morgan fingerprint density at radius 3 is 2.59 bits per heavy atom. The van der Waals surface area contributed by atoms with Crippen LogP contribution in [0.4, 0.5) is 10.1 Å². The van der Waals surface area contributed by atoms with E-state index in [0.29, 0.717) is 35.8 Å². The van der Waals surface area contributed by atoms with Gasteiger partial charge >= 0.3 is 0 Å². The molecule has 1 saturated heterocycles. The van der Waals surface area contributed by atoms with Crippen LogP contribution in [-0.4, -0.2) is 41.9 Å². The summed E-state index contributed by atoms with van der Waals surface area (Å²) in [4.78, 5) is 17.0. The molecule has 1 amide bonds. The van der Waals surface area contributed by atoms with Gasteiger partial charge < -0.3 is 9.84 Å². The number of aryl methyl sites for hydroxylation is 1. The molecule has 1 fully saturated rings. The van der Waals surface area contributed by atoms with Gasteiger partial charge in [0.05, 0.1) is 15.6 Å². The number of aromatic nitrogens is 2. The molecule has 0 aliphatic carbocycles. The van der Waals surface area contributed by atoms with Gasteiger partial charge in [0.1, 0.15) is 5.82 Å². The molecule has 0 unspecified atom stereocenters. The predicted octanol–water partition coefficient (Wildman–Crippen LogP) is 3.88. The fourth-order valence-corrected chi connectivity index (χ4v) is 5.32. The normalized spacial score (nSPS) is 15.6. The van der Waals surface area contributed by atoms with Crippen molar-refractivity contribution in [1.82, 2.24) is 14.4 Å². The molecule has 0 bridgehead atoms. The van der Waals surface area contributed by atoms with Crippen molar-refractivity contribution in [2.45, 2.75) is 24.7 Å². The van der Waals surface area contributed by atoms with E-state index in [0.717, 1.165) is 12.1 Å². The molecule has 1 N–H and O–H groups in total. The molecule has 1 aromatic heterocycles. The summed E-state index contributed by atoms with van der Waals surface area (Å²) >= 11 is 5.73. The summed E-state index contributed by atoms with van der Waals surface area (Å²) in [5.41, 5.74) is 1.18. The molecule has 32 heavy (non-hydrogen) atoms. The van der Waals surface area contributed by atoms with Gasteiger partial charge in [-0.15, -0.1) is 0 Å². The zero-order chi connectivity index (χ0) is 22.9. The van der Waals surface area contributed by atoms with Gasteiger partial charge in [-0.2, -0.15) is 9.29 Å². The van der Waals surface area contributed by atoms with Crippen LogP contribution in [0.1, 0.15) is 18.7 Å². The van der Waals surface area contributed by atoms with Crippen LogP contribution in [0, 0.1) is 18.7 Å². The van der Waals surface area contributed by atoms with Crippen LogP contribution in [-0.2, 0) is 14.8 Å². The Bertz CT molecular complexity index is 1260. The number of amides is 1. The third kappa shape index (κ3) is 4.52. The molecule has 0 radical (unpaired) electrons. The second-order valence-corrected chi connectivity index (χ2v) is 9.77. The standard InChI is InChI=1S/C21H20ClFN4O4S/c1-13-24-20(26-31-13)16-4-2-3-5-19(16)25-21(28)14-8-10-27(11-9-14)32(29,30)15-6-7-18(23)17(22)12-15/h2-7,12,14H,8-11H2,1H3,(H,25,28). The number of piperidine rings is 1. The second-order valence-electron chi connectivity index (χ2n) is 7.43. The van der Waals surface area contributed by atoms with Crippen molar-refractivity contribution in [3.63, 3.8) is 0 Å². The minimum Gasteiger partial charge on any atom is -0.339 e. The van der Waals surface area contributed by atoms with E-state index in [4.69, 9.17) is 16.1 Å². The summed E-state index contributed by atoms with van der Waals surface area (Å²) in [5, 5.41) is 6.55. The van der Waals surface area contributed by atoms with Crippen LogP contribution in [0.15, 0.2) is 51.9 Å². The van der Waals surface area contributed by atoms with Crippen molar-refractivity contribution in [3.8, 4) is 11.4 Å². The van der Waals surface area contributed by atoms with Crippen molar-refractivity contribution < 1.29 is 22.1 Å². The van der Waals surface area contributed by atoms with E-state index >= 15 is 0 Å². The lowest BCUT2D eigenvalue weighted by molar-refractivity contribution is -0.120. The number of para-hydroxylation sites is 1. The Balaban J connectivity index is 1.43. The van der Waals surface area contributed by atoms with Gasteiger partial charge in [-0.25, -0.2) is 12.8 Å². The summed E-state index contributed by atoms with van der Waals surface area (Å²) in [6, 6.07) is 10.4. The highest BCUT2D eigenvalue weighted by Crippen LogP contribution is 2.29. The van der Waals surface area contributed by atoms with Crippen LogP contribution in [0.25, 0.3) is 11.4 Å². The van der Waals surface area contributed by atoms with Crippen LogP contribution in [0.5, 0.6) is 0 Å². The van der Waals surface area contributed by atoms with E-state index in [1.54, 1.807) is 25.1 Å². The van der Waals surface area contributed by atoms with Gasteiger partial charge in [0.15, 0.2) is 0 Å². The molecule has 2 heterocycles. The quantitative estimate of drug-likeness (QED) is 0.596. The monoisotopic (exact) mass is 478 g/mol. The zero-order valence-corrected chi connectivity index (χ0v) is 18.7. The lowest BCUT2D eigenvalue weighted by Gasteiger charge is -2.30. The molecule has 4 rings (SSSR count). The van der Waals surface area contributed by atoms with Crippen molar-refractivity contribution >= 4 is 33.2 Å². The summed E-state index contributed by atoms with van der Waals surface area (Å²) in [6.07, 6.45) is 0.701. The minimum atomic E-state index is -3.83. The van der Waals surface area contributed by atoms with Gasteiger partial charge in [0.2, 0.25) is 27.6 Å². The maximum absolute atomic E-state index is 13.4. The number of anilines is 1. The first-order chi connectivity index (χ1) is 15.3. The fraction of sp³-hybridized carbons (Fsp3) is 0.286. The van der Waals surface area contributed by atoms with Crippen molar-refractivity contribution in [2.24, 2.45) is 5.92 Å². The second kappa shape index (κ2) is 8.97. The molecule has 1 aliphatic heterocycles. The first-order valence-corrected chi connectivity index (χ1v) is 11.7. The summed E-state index contributed by atoms with van der Waals surface area (Å²) < 4.78 is 45.4. The third-order valence-electron chi connectivity index (χ3n) is 5.31. The minimum absolute atomic E-state index is 0.0730. The number of hydrogen-bond acceptors (Lipinski definition) is 6.